The molecule has 1 heterocycles. The van der Waals surface area contributed by atoms with Crippen LogP contribution in [0.1, 0.15) is 18.1 Å². The smallest absolute Gasteiger partial charge is 0.191 e. The molecule has 0 bridgehead atoms. The normalized spacial score (nSPS) is 10.9. The highest BCUT2D eigenvalue weighted by Crippen LogP contribution is 1.99. The first-order valence-electron chi connectivity index (χ1n) is 7.33. The van der Waals surface area contributed by atoms with Crippen LogP contribution in [-0.2, 0) is 13.1 Å². The van der Waals surface area contributed by atoms with Crippen molar-refractivity contribution < 1.29 is 0 Å². The molecule has 0 aliphatic carbocycles. The molecule has 22 heavy (non-hydrogen) atoms. The summed E-state index contributed by atoms with van der Waals surface area (Å²) in [6.07, 6.45) is 3.91. The zero-order valence-corrected chi connectivity index (χ0v) is 15.5. The number of aliphatic imine (C=N–C) groups is 1. The summed E-state index contributed by atoms with van der Waals surface area (Å²) < 4.78 is 1.93. The number of hydrogen-bond acceptors (Lipinski definition) is 2. The summed E-state index contributed by atoms with van der Waals surface area (Å²) in [5.74, 6) is 0.838. The van der Waals surface area contributed by atoms with Crippen molar-refractivity contribution in [3.8, 4) is 0 Å². The van der Waals surface area contributed by atoms with Gasteiger partial charge in [-0.2, -0.15) is 5.10 Å². The van der Waals surface area contributed by atoms with E-state index in [0.717, 1.165) is 25.6 Å². The number of halogens is 1. The molecule has 0 radical (unpaired) electrons. The minimum Gasteiger partial charge on any atom is -0.357 e. The predicted octanol–water partition coefficient (Wildman–Crippen LogP) is 2.56. The standard InChI is InChI=1S/C16H23N5.HI/c1-3-17-16(19-12-15-7-5-4-6-8-15)18-9-10-21-13-14(2)11-20-21;/h4-8,11,13H,3,9-10,12H2,1-2H3,(H2,17,18,19);1H. The van der Waals surface area contributed by atoms with Crippen LogP contribution in [0.5, 0.6) is 0 Å². The summed E-state index contributed by atoms with van der Waals surface area (Å²) in [6.45, 7) is 7.25. The summed E-state index contributed by atoms with van der Waals surface area (Å²) >= 11 is 0. The SMILES string of the molecule is CCNC(=NCc1ccccc1)NCCn1cc(C)cn1.I. The van der Waals surface area contributed by atoms with Gasteiger partial charge >= 0.3 is 0 Å². The molecule has 0 atom stereocenters. The zero-order valence-electron chi connectivity index (χ0n) is 13.1. The quantitative estimate of drug-likeness (QED) is 0.435. The predicted molar refractivity (Wildman–Crippen MR) is 102 cm³/mol. The molecular weight excluding hydrogens is 389 g/mol. The maximum absolute atomic E-state index is 4.58. The number of rotatable bonds is 6. The Kier molecular flexibility index (Phi) is 8.57. The average Bonchev–Trinajstić information content (AvgIpc) is 2.91. The van der Waals surface area contributed by atoms with Crippen LogP contribution in [0.3, 0.4) is 0 Å². The van der Waals surface area contributed by atoms with Crippen LogP contribution in [0.2, 0.25) is 0 Å². The zero-order chi connectivity index (χ0) is 14.9. The molecule has 1 aromatic heterocycles. The molecule has 2 rings (SSSR count). The van der Waals surface area contributed by atoms with Crippen LogP contribution in [0.4, 0.5) is 0 Å². The topological polar surface area (TPSA) is 54.2 Å². The molecule has 0 saturated heterocycles. The Hall–Kier alpha value is -1.57. The number of nitrogens with one attached hydrogen (secondary N) is 2. The lowest BCUT2D eigenvalue weighted by molar-refractivity contribution is 0.597. The minimum absolute atomic E-state index is 0. The van der Waals surface area contributed by atoms with E-state index in [1.807, 2.05) is 42.2 Å². The van der Waals surface area contributed by atoms with Gasteiger partial charge in [0.05, 0.1) is 19.3 Å². The molecule has 0 unspecified atom stereocenters. The van der Waals surface area contributed by atoms with Gasteiger partial charge in [-0.25, -0.2) is 4.99 Å². The van der Waals surface area contributed by atoms with Gasteiger partial charge in [0.2, 0.25) is 0 Å². The van der Waals surface area contributed by atoms with Crippen LogP contribution in [0.25, 0.3) is 0 Å². The Labute approximate surface area is 149 Å². The number of nitrogens with zero attached hydrogens (tertiary/aromatic N) is 3. The molecule has 0 fully saturated rings. The first kappa shape index (κ1) is 18.5. The van der Waals surface area contributed by atoms with Crippen molar-refractivity contribution in [3.63, 3.8) is 0 Å². The summed E-state index contributed by atoms with van der Waals surface area (Å²) in [7, 11) is 0. The van der Waals surface area contributed by atoms with E-state index in [-0.39, 0.29) is 24.0 Å². The second-order valence-corrected chi connectivity index (χ2v) is 4.89. The largest absolute Gasteiger partial charge is 0.357 e. The second-order valence-electron chi connectivity index (χ2n) is 4.89. The van der Waals surface area contributed by atoms with Crippen LogP contribution in [0.15, 0.2) is 47.7 Å². The van der Waals surface area contributed by atoms with Gasteiger partial charge in [-0.3, -0.25) is 4.68 Å². The Bertz CT molecular complexity index is 565. The van der Waals surface area contributed by atoms with Crippen LogP contribution < -0.4 is 10.6 Å². The second kappa shape index (κ2) is 10.2. The van der Waals surface area contributed by atoms with Crippen molar-refractivity contribution in [3.05, 3.63) is 53.9 Å². The first-order chi connectivity index (χ1) is 10.3. The third-order valence-corrected chi connectivity index (χ3v) is 3.00. The van der Waals surface area contributed by atoms with Crippen molar-refractivity contribution >= 4 is 29.9 Å². The Morgan fingerprint density at radius 3 is 2.64 bits per heavy atom. The van der Waals surface area contributed by atoms with Gasteiger partial charge in [-0.05, 0) is 25.0 Å². The van der Waals surface area contributed by atoms with Gasteiger partial charge in [0.25, 0.3) is 0 Å². The van der Waals surface area contributed by atoms with E-state index in [4.69, 9.17) is 0 Å². The van der Waals surface area contributed by atoms with E-state index in [9.17, 15) is 0 Å². The molecule has 0 amide bonds. The van der Waals surface area contributed by atoms with Crippen molar-refractivity contribution in [2.75, 3.05) is 13.1 Å². The van der Waals surface area contributed by atoms with Crippen molar-refractivity contribution in [1.82, 2.24) is 20.4 Å². The molecule has 0 saturated carbocycles. The molecule has 0 aliphatic rings. The Morgan fingerprint density at radius 1 is 1.23 bits per heavy atom. The third-order valence-electron chi connectivity index (χ3n) is 3.00. The number of benzene rings is 1. The van der Waals surface area contributed by atoms with Gasteiger partial charge < -0.3 is 10.6 Å². The summed E-state index contributed by atoms with van der Waals surface area (Å²) in [4.78, 5) is 4.58. The Morgan fingerprint density at radius 2 is 2.00 bits per heavy atom. The van der Waals surface area contributed by atoms with Crippen LogP contribution in [-0.4, -0.2) is 28.8 Å². The molecule has 2 aromatic rings. The number of hydrogen-bond donors (Lipinski definition) is 2. The summed E-state index contributed by atoms with van der Waals surface area (Å²) in [5.41, 5.74) is 2.39. The number of aryl methyl sites for hydroxylation is 1. The molecule has 120 valence electrons. The maximum Gasteiger partial charge on any atom is 0.191 e. The molecule has 5 nitrogen and oxygen atoms in total. The van der Waals surface area contributed by atoms with E-state index in [1.54, 1.807) is 0 Å². The van der Waals surface area contributed by atoms with E-state index in [1.165, 1.54) is 11.1 Å². The highest BCUT2D eigenvalue weighted by molar-refractivity contribution is 14.0. The van der Waals surface area contributed by atoms with E-state index < -0.39 is 0 Å². The van der Waals surface area contributed by atoms with Crippen molar-refractivity contribution in [2.45, 2.75) is 26.9 Å². The third kappa shape index (κ3) is 6.46. The minimum atomic E-state index is 0. The van der Waals surface area contributed by atoms with Gasteiger partial charge in [0.15, 0.2) is 5.96 Å². The van der Waals surface area contributed by atoms with E-state index in [2.05, 4.69) is 39.8 Å². The fraction of sp³-hybridized carbons (Fsp3) is 0.375. The highest BCUT2D eigenvalue weighted by Gasteiger charge is 1.98. The van der Waals surface area contributed by atoms with Gasteiger partial charge in [0.1, 0.15) is 0 Å². The lowest BCUT2D eigenvalue weighted by Gasteiger charge is -2.11. The molecular formula is C16H24IN5. The number of aromatic nitrogens is 2. The molecule has 0 spiro atoms. The van der Waals surface area contributed by atoms with E-state index >= 15 is 0 Å². The molecule has 1 aromatic carbocycles. The van der Waals surface area contributed by atoms with Gasteiger partial charge in [-0.15, -0.1) is 24.0 Å². The van der Waals surface area contributed by atoms with Crippen molar-refractivity contribution in [2.24, 2.45) is 4.99 Å². The fourth-order valence-electron chi connectivity index (χ4n) is 1.97. The van der Waals surface area contributed by atoms with Crippen LogP contribution >= 0.6 is 24.0 Å². The van der Waals surface area contributed by atoms with Gasteiger partial charge in [0, 0.05) is 19.3 Å². The van der Waals surface area contributed by atoms with Crippen molar-refractivity contribution in [1.29, 1.82) is 0 Å². The lowest BCUT2D eigenvalue weighted by Crippen LogP contribution is -2.38. The summed E-state index contributed by atoms with van der Waals surface area (Å²) in [5, 5.41) is 10.8. The maximum atomic E-state index is 4.58. The molecule has 0 aliphatic heterocycles. The monoisotopic (exact) mass is 413 g/mol. The average molecular weight is 413 g/mol. The molecule has 2 N–H and O–H groups in total. The first-order valence-corrected chi connectivity index (χ1v) is 7.33. The van der Waals surface area contributed by atoms with Crippen LogP contribution in [0, 0.1) is 6.92 Å². The fourth-order valence-corrected chi connectivity index (χ4v) is 1.97. The molecule has 6 heteroatoms. The lowest BCUT2D eigenvalue weighted by atomic mass is 10.2. The van der Waals surface area contributed by atoms with E-state index in [0.29, 0.717) is 6.54 Å². The number of guanidine groups is 1. The Balaban J connectivity index is 0.00000242. The summed E-state index contributed by atoms with van der Waals surface area (Å²) in [6, 6.07) is 10.2. The highest BCUT2D eigenvalue weighted by atomic mass is 127. The van der Waals surface area contributed by atoms with Gasteiger partial charge in [-0.1, -0.05) is 30.3 Å².